The largest absolute Gasteiger partial charge is 0.481 e. The van der Waals surface area contributed by atoms with Crippen molar-refractivity contribution in [1.82, 2.24) is 14.5 Å². The molecule has 0 amide bonds. The third-order valence-electron chi connectivity index (χ3n) is 6.83. The number of nitrogens with zero attached hydrogens (tertiary/aromatic N) is 4. The van der Waals surface area contributed by atoms with Crippen LogP contribution in [-0.4, -0.2) is 27.7 Å². The summed E-state index contributed by atoms with van der Waals surface area (Å²) in [6.07, 6.45) is 7.83. The van der Waals surface area contributed by atoms with Crippen molar-refractivity contribution in [3.05, 3.63) is 90.4 Å². The molecule has 1 aromatic heterocycles. The normalized spacial score (nSPS) is 14.9. The van der Waals surface area contributed by atoms with Crippen LogP contribution in [-0.2, 0) is 0 Å². The van der Waals surface area contributed by atoms with E-state index in [1.54, 1.807) is 13.3 Å². The Kier molecular flexibility index (Phi) is 6.08. The minimum atomic E-state index is 0.337. The zero-order chi connectivity index (χ0) is 24.3. The monoisotopic (exact) mass is 475 g/mol. The Morgan fingerprint density at radius 3 is 2.50 bits per heavy atom. The lowest BCUT2D eigenvalue weighted by Crippen LogP contribution is -2.19. The lowest BCUT2D eigenvalue weighted by molar-refractivity contribution is 0.398. The van der Waals surface area contributed by atoms with Crippen LogP contribution in [0.1, 0.15) is 32.1 Å². The average molecular weight is 476 g/mol. The molecule has 2 aliphatic carbocycles. The first kappa shape index (κ1) is 22.3. The maximum atomic E-state index is 5.26. The zero-order valence-corrected chi connectivity index (χ0v) is 20.4. The molecule has 1 saturated carbocycles. The van der Waals surface area contributed by atoms with Gasteiger partial charge in [0.05, 0.1) is 58.5 Å². The average Bonchev–Trinajstić information content (AvgIpc) is 2.93. The summed E-state index contributed by atoms with van der Waals surface area (Å²) in [4.78, 5) is 14.7. The van der Waals surface area contributed by atoms with Crippen LogP contribution in [0.5, 0.6) is 5.88 Å². The Labute approximate surface area is 210 Å². The van der Waals surface area contributed by atoms with Gasteiger partial charge in [-0.15, -0.1) is 0 Å². The Hall–Kier alpha value is -4.19. The van der Waals surface area contributed by atoms with E-state index in [1.807, 2.05) is 24.3 Å². The zero-order valence-electron chi connectivity index (χ0n) is 20.4. The molecule has 2 heterocycles. The maximum absolute atomic E-state index is 5.26. The molecule has 6 nitrogen and oxygen atoms in total. The molecule has 6 heteroatoms. The number of anilines is 2. The highest BCUT2D eigenvalue weighted by Gasteiger charge is 2.18. The van der Waals surface area contributed by atoms with Crippen LogP contribution in [0.3, 0.4) is 0 Å². The van der Waals surface area contributed by atoms with Gasteiger partial charge in [-0.2, -0.15) is 0 Å². The fourth-order valence-electron chi connectivity index (χ4n) is 5.04. The first-order valence-electron chi connectivity index (χ1n) is 12.6. The Balaban J connectivity index is 1.58. The number of rotatable bonds is 5. The molecule has 0 radical (unpaired) electrons. The molecule has 0 saturated heterocycles. The van der Waals surface area contributed by atoms with Gasteiger partial charge in [-0.25, -0.2) is 9.97 Å². The molecule has 1 aliphatic heterocycles. The Bertz CT molecular complexity index is 1520. The fourth-order valence-corrected chi connectivity index (χ4v) is 5.04. The second-order valence-corrected chi connectivity index (χ2v) is 9.26. The van der Waals surface area contributed by atoms with Gasteiger partial charge in [0.2, 0.25) is 5.88 Å². The van der Waals surface area contributed by atoms with Crippen molar-refractivity contribution in [2.24, 2.45) is 4.99 Å². The topological polar surface area (TPSA) is 64.3 Å². The SMILES string of the molecule is COc1ccc(Nc2cc3nc4ccccc4n(-c4ccccc4)c-3cc2=NC2CCCCC2)cn1. The van der Waals surface area contributed by atoms with Gasteiger partial charge in [-0.1, -0.05) is 49.6 Å². The summed E-state index contributed by atoms with van der Waals surface area (Å²) < 4.78 is 7.52. The van der Waals surface area contributed by atoms with E-state index >= 15 is 0 Å². The van der Waals surface area contributed by atoms with Crippen LogP contribution in [0, 0.1) is 0 Å². The van der Waals surface area contributed by atoms with Gasteiger partial charge in [0, 0.05) is 11.8 Å². The molecule has 3 aliphatic rings. The molecule has 1 N–H and O–H groups in total. The van der Waals surface area contributed by atoms with E-state index in [0.717, 1.165) is 57.7 Å². The molecular weight excluding hydrogens is 446 g/mol. The first-order chi connectivity index (χ1) is 17.8. The minimum Gasteiger partial charge on any atom is -0.481 e. The second kappa shape index (κ2) is 9.82. The number of fused-ring (bicyclic) bond motifs is 2. The van der Waals surface area contributed by atoms with Crippen LogP contribution >= 0.6 is 0 Å². The summed E-state index contributed by atoms with van der Waals surface area (Å²) in [6, 6.07) is 27.2. The van der Waals surface area contributed by atoms with Crippen LogP contribution in [0.2, 0.25) is 0 Å². The second-order valence-electron chi connectivity index (χ2n) is 9.26. The number of hydrogen-bond donors (Lipinski definition) is 1. The smallest absolute Gasteiger partial charge is 0.213 e. The van der Waals surface area contributed by atoms with E-state index in [9.17, 15) is 0 Å². The van der Waals surface area contributed by atoms with Crippen molar-refractivity contribution in [3.8, 4) is 23.0 Å². The fraction of sp³-hybridized carbons (Fsp3) is 0.233. The van der Waals surface area contributed by atoms with Gasteiger partial charge in [-0.05, 0) is 55.3 Å². The first-order valence-corrected chi connectivity index (χ1v) is 12.6. The number of benzene rings is 3. The van der Waals surface area contributed by atoms with Gasteiger partial charge in [0.15, 0.2) is 0 Å². The van der Waals surface area contributed by atoms with E-state index in [1.165, 1.54) is 19.3 Å². The van der Waals surface area contributed by atoms with Gasteiger partial charge in [-0.3, -0.25) is 4.99 Å². The van der Waals surface area contributed by atoms with E-state index in [0.29, 0.717) is 11.9 Å². The van der Waals surface area contributed by atoms with Crippen molar-refractivity contribution in [1.29, 1.82) is 0 Å². The summed E-state index contributed by atoms with van der Waals surface area (Å²) in [5, 5.41) is 4.50. The number of aromatic nitrogens is 3. The number of hydrogen-bond acceptors (Lipinski definition) is 5. The van der Waals surface area contributed by atoms with Crippen molar-refractivity contribution in [3.63, 3.8) is 0 Å². The molecule has 0 atom stereocenters. The predicted molar refractivity (Wildman–Crippen MR) is 144 cm³/mol. The van der Waals surface area contributed by atoms with Crippen molar-refractivity contribution >= 4 is 22.4 Å². The molecule has 3 aromatic rings. The lowest BCUT2D eigenvalue weighted by atomic mass is 9.96. The van der Waals surface area contributed by atoms with E-state index < -0.39 is 0 Å². The highest BCUT2D eigenvalue weighted by atomic mass is 16.5. The molecular formula is C30H29N5O. The summed E-state index contributed by atoms with van der Waals surface area (Å²) in [6.45, 7) is 0. The van der Waals surface area contributed by atoms with Gasteiger partial charge < -0.3 is 14.6 Å². The lowest BCUT2D eigenvalue weighted by Gasteiger charge is -2.21. The van der Waals surface area contributed by atoms with Crippen LogP contribution in [0.4, 0.5) is 11.4 Å². The predicted octanol–water partition coefficient (Wildman–Crippen LogP) is 6.51. The number of ether oxygens (including phenoxy) is 1. The van der Waals surface area contributed by atoms with Gasteiger partial charge in [0.25, 0.3) is 0 Å². The quantitative estimate of drug-likeness (QED) is 0.294. The number of methoxy groups -OCH3 is 1. The molecule has 1 fully saturated rings. The third-order valence-corrected chi connectivity index (χ3v) is 6.83. The molecule has 0 spiro atoms. The van der Waals surface area contributed by atoms with Gasteiger partial charge in [0.1, 0.15) is 0 Å². The molecule has 0 unspecified atom stereocenters. The highest BCUT2D eigenvalue weighted by Crippen LogP contribution is 2.31. The van der Waals surface area contributed by atoms with Crippen molar-refractivity contribution in [2.45, 2.75) is 38.1 Å². The third kappa shape index (κ3) is 4.42. The maximum Gasteiger partial charge on any atom is 0.213 e. The Morgan fingerprint density at radius 2 is 1.72 bits per heavy atom. The van der Waals surface area contributed by atoms with Gasteiger partial charge >= 0.3 is 0 Å². The standard InChI is InChI=1S/C30H29N5O/c1-36-30-17-16-22(20-31-30)33-25-18-27-29(19-26(25)32-21-10-4-2-5-11-21)35(23-12-6-3-7-13-23)28-15-9-8-14-24(28)34-27/h3,6-9,12-21,33H,2,4-5,10-11H2,1H3. The van der Waals surface area contributed by atoms with Crippen LogP contribution in [0.15, 0.2) is 90.1 Å². The summed E-state index contributed by atoms with van der Waals surface area (Å²) >= 11 is 0. The molecule has 36 heavy (non-hydrogen) atoms. The van der Waals surface area contributed by atoms with E-state index in [-0.39, 0.29) is 0 Å². The number of pyridine rings is 1. The van der Waals surface area contributed by atoms with E-state index in [2.05, 4.69) is 69.5 Å². The van der Waals surface area contributed by atoms with Crippen LogP contribution < -0.4 is 15.4 Å². The summed E-state index contributed by atoms with van der Waals surface area (Å²) in [5.74, 6) is 0.586. The Morgan fingerprint density at radius 1 is 0.917 bits per heavy atom. The molecule has 180 valence electrons. The number of para-hydroxylation sites is 3. The molecule has 0 bridgehead atoms. The van der Waals surface area contributed by atoms with Crippen molar-refractivity contribution in [2.75, 3.05) is 12.4 Å². The summed E-state index contributed by atoms with van der Waals surface area (Å²) in [7, 11) is 1.62. The molecule has 2 aromatic carbocycles. The van der Waals surface area contributed by atoms with Crippen LogP contribution in [0.25, 0.3) is 28.1 Å². The number of nitrogens with one attached hydrogen (secondary N) is 1. The van der Waals surface area contributed by atoms with Crippen molar-refractivity contribution < 1.29 is 4.74 Å². The highest BCUT2D eigenvalue weighted by molar-refractivity contribution is 5.84. The summed E-state index contributed by atoms with van der Waals surface area (Å²) in [5.41, 5.74) is 6.87. The minimum absolute atomic E-state index is 0.337. The molecule has 6 rings (SSSR count). The van der Waals surface area contributed by atoms with E-state index in [4.69, 9.17) is 14.7 Å².